The predicted molar refractivity (Wildman–Crippen MR) is 211 cm³/mol. The van der Waals surface area contributed by atoms with Gasteiger partial charge in [-0.2, -0.15) is 57.5 Å². The van der Waals surface area contributed by atoms with E-state index in [0.717, 1.165) is 26.7 Å². The van der Waals surface area contributed by atoms with Crippen molar-refractivity contribution >= 4 is 66.2 Å². The number of carbonyl (C=O) groups excluding carboxylic acids is 2. The number of rotatable bonds is 11. The monoisotopic (exact) mass is 804 g/mol. The molecule has 57 heavy (non-hydrogen) atoms. The summed E-state index contributed by atoms with van der Waals surface area (Å²) < 4.78 is 64.1. The third kappa shape index (κ3) is 8.33. The molecular weight excluding hydrogens is 773 g/mol. The Morgan fingerprint density at radius 1 is 0.526 bits per heavy atom. The second-order valence-electron chi connectivity index (χ2n) is 13.0. The maximum absolute atomic E-state index is 13.2. The van der Waals surface area contributed by atoms with Crippen molar-refractivity contribution in [3.8, 4) is 0 Å². The summed E-state index contributed by atoms with van der Waals surface area (Å²) in [5, 5.41) is 27.9. The topological polar surface area (TPSA) is 224 Å². The Bertz CT molecular complexity index is 2520. The molecular formula is C39H32N8O8S2. The Kier molecular flexibility index (Phi) is 10.5. The van der Waals surface area contributed by atoms with Crippen LogP contribution in [-0.2, 0) is 29.8 Å². The molecule has 18 heteroatoms. The SMILES string of the molecule is CC1=NN(c2ccc(S(=O)(=O)O)cc2)C(=O)C1N=Nc1ccc(C(c2ccccc2)c2ccc(N=NC3C(=O)N(c4ccc(S(=O)(=O)O)cc4)N=C3C)cc2)cc1. The van der Waals surface area contributed by atoms with Gasteiger partial charge in [-0.1, -0.05) is 54.6 Å². The van der Waals surface area contributed by atoms with E-state index in [1.807, 2.05) is 54.6 Å². The van der Waals surface area contributed by atoms with Crippen LogP contribution in [0.15, 0.2) is 168 Å². The lowest BCUT2D eigenvalue weighted by Gasteiger charge is -2.19. The van der Waals surface area contributed by atoms with E-state index in [1.54, 1.807) is 38.1 Å². The lowest BCUT2D eigenvalue weighted by atomic mass is 9.85. The van der Waals surface area contributed by atoms with Gasteiger partial charge in [0.25, 0.3) is 32.1 Å². The van der Waals surface area contributed by atoms with Gasteiger partial charge in [0, 0.05) is 5.92 Å². The zero-order chi connectivity index (χ0) is 40.5. The fourth-order valence-corrected chi connectivity index (χ4v) is 7.17. The van der Waals surface area contributed by atoms with Gasteiger partial charge in [-0.15, -0.1) is 0 Å². The van der Waals surface area contributed by atoms with Crippen LogP contribution in [0.25, 0.3) is 0 Å². The van der Waals surface area contributed by atoms with Crippen molar-refractivity contribution in [2.24, 2.45) is 30.7 Å². The summed E-state index contributed by atoms with van der Waals surface area (Å²) in [5.74, 6) is -1.11. The average Bonchev–Trinajstić information content (AvgIpc) is 3.65. The molecule has 2 heterocycles. The highest BCUT2D eigenvalue weighted by Crippen LogP contribution is 2.34. The molecule has 0 aliphatic carbocycles. The van der Waals surface area contributed by atoms with Crippen molar-refractivity contribution in [1.82, 2.24) is 0 Å². The molecule has 2 aliphatic rings. The molecule has 2 amide bonds. The smallest absolute Gasteiger partial charge is 0.282 e. The summed E-state index contributed by atoms with van der Waals surface area (Å²) in [5.41, 5.74) is 5.37. The molecule has 0 saturated carbocycles. The molecule has 2 N–H and O–H groups in total. The zero-order valence-electron chi connectivity index (χ0n) is 30.1. The summed E-state index contributed by atoms with van der Waals surface area (Å²) in [6.07, 6.45) is 0. The van der Waals surface area contributed by atoms with Crippen LogP contribution in [0.4, 0.5) is 22.7 Å². The minimum absolute atomic E-state index is 0.179. The Hall–Kier alpha value is -6.60. The van der Waals surface area contributed by atoms with Gasteiger partial charge in [0.1, 0.15) is 0 Å². The van der Waals surface area contributed by atoms with Gasteiger partial charge < -0.3 is 0 Å². The number of hydrogen-bond donors (Lipinski definition) is 2. The molecule has 5 aromatic carbocycles. The van der Waals surface area contributed by atoms with E-state index >= 15 is 0 Å². The first-order valence-corrected chi connectivity index (χ1v) is 20.1. The van der Waals surface area contributed by atoms with Gasteiger partial charge >= 0.3 is 0 Å². The van der Waals surface area contributed by atoms with E-state index in [4.69, 9.17) is 0 Å². The van der Waals surface area contributed by atoms with E-state index in [9.17, 15) is 35.5 Å². The summed E-state index contributed by atoms with van der Waals surface area (Å²) in [4.78, 5) is 25.7. The Morgan fingerprint density at radius 3 is 1.23 bits per heavy atom. The third-order valence-electron chi connectivity index (χ3n) is 9.11. The van der Waals surface area contributed by atoms with E-state index in [1.165, 1.54) is 48.5 Å². The number of azo groups is 2. The number of amides is 2. The highest BCUT2D eigenvalue weighted by atomic mass is 32.2. The number of nitrogens with zero attached hydrogens (tertiary/aromatic N) is 8. The van der Waals surface area contributed by atoms with Crippen LogP contribution in [0.2, 0.25) is 0 Å². The molecule has 16 nitrogen and oxygen atoms in total. The zero-order valence-corrected chi connectivity index (χ0v) is 31.7. The fraction of sp³-hybridized carbons (Fsp3) is 0.128. The minimum atomic E-state index is -4.39. The first-order valence-electron chi connectivity index (χ1n) is 17.2. The van der Waals surface area contributed by atoms with Crippen LogP contribution in [0.1, 0.15) is 36.5 Å². The van der Waals surface area contributed by atoms with Crippen LogP contribution in [0, 0.1) is 0 Å². The number of anilines is 2. The summed E-state index contributed by atoms with van der Waals surface area (Å²) in [6.45, 7) is 3.29. The van der Waals surface area contributed by atoms with Crippen molar-refractivity contribution in [3.63, 3.8) is 0 Å². The largest absolute Gasteiger partial charge is 0.294 e. The van der Waals surface area contributed by atoms with E-state index in [-0.39, 0.29) is 15.7 Å². The van der Waals surface area contributed by atoms with E-state index in [2.05, 4.69) is 30.7 Å². The lowest BCUT2D eigenvalue weighted by molar-refractivity contribution is -0.118. The number of hydrogen-bond acceptors (Lipinski definition) is 12. The van der Waals surface area contributed by atoms with Crippen molar-refractivity contribution in [2.45, 2.75) is 41.6 Å². The predicted octanol–water partition coefficient (Wildman–Crippen LogP) is 7.11. The maximum atomic E-state index is 13.2. The summed E-state index contributed by atoms with van der Waals surface area (Å²) in [6, 6.07) is 33.0. The van der Waals surface area contributed by atoms with Gasteiger partial charge in [-0.25, -0.2) is 0 Å². The normalized spacial score (nSPS) is 18.1. The quantitative estimate of drug-likeness (QED) is 0.0793. The van der Waals surface area contributed by atoms with E-state index in [0.29, 0.717) is 34.2 Å². The maximum Gasteiger partial charge on any atom is 0.294 e. The van der Waals surface area contributed by atoms with Crippen molar-refractivity contribution in [2.75, 3.05) is 10.0 Å². The molecule has 0 saturated heterocycles. The number of carbonyl (C=O) groups is 2. The van der Waals surface area contributed by atoms with Crippen LogP contribution in [-0.4, -0.2) is 61.3 Å². The van der Waals surface area contributed by atoms with Gasteiger partial charge in [0.2, 0.25) is 0 Å². The highest BCUT2D eigenvalue weighted by Gasteiger charge is 2.36. The molecule has 0 aromatic heterocycles. The highest BCUT2D eigenvalue weighted by molar-refractivity contribution is 7.86. The Labute approximate surface area is 327 Å². The summed E-state index contributed by atoms with van der Waals surface area (Å²) >= 11 is 0. The van der Waals surface area contributed by atoms with Gasteiger partial charge in [0.05, 0.1) is 44.0 Å². The molecule has 2 aliphatic heterocycles. The van der Waals surface area contributed by atoms with Crippen molar-refractivity contribution in [1.29, 1.82) is 0 Å². The summed E-state index contributed by atoms with van der Waals surface area (Å²) in [7, 11) is -8.78. The standard InChI is InChI=1S/C39H32N8O8S2/c1-24-36(38(48)46(44-24)31-16-20-33(21-17-31)56(50,51)52)42-40-29-12-8-27(9-13-29)35(26-6-4-3-5-7-26)28-10-14-30(15-11-28)41-43-37-25(2)45-47(39(37)49)32-18-22-34(23-19-32)57(53,54)55/h3-23,35-37H,1-2H3,(H,50,51,52)(H,53,54,55). The molecule has 288 valence electrons. The van der Waals surface area contributed by atoms with Crippen LogP contribution >= 0.6 is 0 Å². The second-order valence-corrected chi connectivity index (χ2v) is 15.8. The molecule has 0 spiro atoms. The lowest BCUT2D eigenvalue weighted by Crippen LogP contribution is -2.29. The molecule has 5 aromatic rings. The molecule has 0 bridgehead atoms. The molecule has 2 atom stereocenters. The molecule has 7 rings (SSSR count). The first-order chi connectivity index (χ1) is 27.2. The van der Waals surface area contributed by atoms with Gasteiger partial charge in [-0.05, 0) is 103 Å². The molecule has 0 radical (unpaired) electrons. The first kappa shape index (κ1) is 38.7. The van der Waals surface area contributed by atoms with Crippen molar-refractivity contribution in [3.05, 3.63) is 144 Å². The molecule has 2 unspecified atom stereocenters. The average molecular weight is 805 g/mol. The van der Waals surface area contributed by atoms with Crippen LogP contribution in [0.3, 0.4) is 0 Å². The van der Waals surface area contributed by atoms with Crippen LogP contribution < -0.4 is 10.0 Å². The van der Waals surface area contributed by atoms with Gasteiger partial charge in [0.15, 0.2) is 12.1 Å². The fourth-order valence-electron chi connectivity index (χ4n) is 6.21. The Morgan fingerprint density at radius 2 is 0.877 bits per heavy atom. The number of hydrazone groups is 2. The van der Waals surface area contributed by atoms with E-state index < -0.39 is 44.1 Å². The Balaban J connectivity index is 1.05. The number of benzene rings is 5. The molecule has 0 fully saturated rings. The second kappa shape index (κ2) is 15.5. The third-order valence-corrected chi connectivity index (χ3v) is 10.8. The van der Waals surface area contributed by atoms with Gasteiger partial charge in [-0.3, -0.25) is 18.7 Å². The van der Waals surface area contributed by atoms with Crippen molar-refractivity contribution < 1.29 is 35.5 Å². The minimum Gasteiger partial charge on any atom is -0.282 e. The van der Waals surface area contributed by atoms with Crippen LogP contribution in [0.5, 0.6) is 0 Å².